The van der Waals surface area contributed by atoms with Crippen LogP contribution in [0.3, 0.4) is 0 Å². The number of aliphatic hydroxyl groups is 1. The number of unbranched alkanes of at least 4 members (excludes halogenated alkanes) is 1. The molecule has 0 aromatic rings. The van der Waals surface area contributed by atoms with Gasteiger partial charge in [0, 0.05) is 32.1 Å². The van der Waals surface area contributed by atoms with Crippen molar-refractivity contribution in [1.82, 2.24) is 0 Å². The number of ether oxygens (including phenoxy) is 2. The SMILES string of the molecule is CC[C@H]1CC[C@H]2C3=CC=C4C[C@](OC(C)=O)(SCCCCC(C)(C)O)C[C@H](OC(C)=O)[C@]4(C)[C@H]3CC[C@]12C. The first kappa shape index (κ1) is 29.7. The Morgan fingerprint density at radius 3 is 2.45 bits per heavy atom. The maximum atomic E-state index is 12.4. The summed E-state index contributed by atoms with van der Waals surface area (Å²) in [7, 11) is 0. The second-order valence-corrected chi connectivity index (χ2v) is 15.0. The Kier molecular flexibility index (Phi) is 8.56. The summed E-state index contributed by atoms with van der Waals surface area (Å²) < 4.78 is 12.3. The number of rotatable bonds is 9. The van der Waals surface area contributed by atoms with Crippen molar-refractivity contribution < 1.29 is 24.2 Å². The third kappa shape index (κ3) is 5.64. The van der Waals surface area contributed by atoms with Crippen LogP contribution in [0.4, 0.5) is 0 Å². The van der Waals surface area contributed by atoms with Crippen molar-refractivity contribution in [3.8, 4) is 0 Å². The van der Waals surface area contributed by atoms with Gasteiger partial charge in [0.15, 0.2) is 4.93 Å². The maximum Gasteiger partial charge on any atom is 0.304 e. The number of thioether (sulfide) groups is 1. The Hall–Kier alpha value is -1.27. The van der Waals surface area contributed by atoms with Gasteiger partial charge in [-0.15, -0.1) is 11.8 Å². The van der Waals surface area contributed by atoms with Gasteiger partial charge in [-0.1, -0.05) is 50.5 Å². The largest absolute Gasteiger partial charge is 0.461 e. The lowest BCUT2D eigenvalue weighted by atomic mass is 9.49. The fourth-order valence-electron chi connectivity index (χ4n) is 8.55. The van der Waals surface area contributed by atoms with Gasteiger partial charge >= 0.3 is 11.9 Å². The van der Waals surface area contributed by atoms with Gasteiger partial charge in [0.25, 0.3) is 0 Å². The highest BCUT2D eigenvalue weighted by molar-refractivity contribution is 8.00. The lowest BCUT2D eigenvalue weighted by Gasteiger charge is -2.58. The second-order valence-electron chi connectivity index (χ2n) is 13.6. The number of carbonyl (C=O) groups excluding carboxylic acids is 2. The van der Waals surface area contributed by atoms with Crippen molar-refractivity contribution >= 4 is 23.7 Å². The molecule has 7 atom stereocenters. The van der Waals surface area contributed by atoms with Crippen LogP contribution in [0, 0.1) is 28.6 Å². The van der Waals surface area contributed by atoms with Gasteiger partial charge in [0.1, 0.15) is 6.10 Å². The Morgan fingerprint density at radius 2 is 1.82 bits per heavy atom. The number of hydrogen-bond acceptors (Lipinski definition) is 6. The van der Waals surface area contributed by atoms with Gasteiger partial charge in [-0.25, -0.2) is 0 Å². The van der Waals surface area contributed by atoms with E-state index in [1.807, 2.05) is 13.8 Å². The van der Waals surface area contributed by atoms with Gasteiger partial charge in [-0.3, -0.25) is 9.59 Å². The molecule has 38 heavy (non-hydrogen) atoms. The molecule has 0 spiro atoms. The normalized spacial score (nSPS) is 38.3. The molecular weight excluding hydrogens is 496 g/mol. The molecule has 0 unspecified atom stereocenters. The fourth-order valence-corrected chi connectivity index (χ4v) is 9.97. The second kappa shape index (κ2) is 11.0. The van der Waals surface area contributed by atoms with E-state index >= 15 is 0 Å². The van der Waals surface area contributed by atoms with E-state index in [2.05, 4.69) is 32.9 Å². The van der Waals surface area contributed by atoms with Crippen molar-refractivity contribution in [3.05, 3.63) is 23.3 Å². The molecule has 0 aromatic carbocycles. The molecule has 0 aromatic heterocycles. The van der Waals surface area contributed by atoms with Crippen LogP contribution in [0.5, 0.6) is 0 Å². The lowest BCUT2D eigenvalue weighted by molar-refractivity contribution is -0.168. The van der Waals surface area contributed by atoms with Gasteiger partial charge in [0.05, 0.1) is 5.60 Å². The van der Waals surface area contributed by atoms with Crippen molar-refractivity contribution in [1.29, 1.82) is 0 Å². The van der Waals surface area contributed by atoms with Crippen molar-refractivity contribution in [2.75, 3.05) is 5.75 Å². The highest BCUT2D eigenvalue weighted by atomic mass is 32.2. The van der Waals surface area contributed by atoms with Crippen LogP contribution in [-0.4, -0.2) is 39.4 Å². The molecule has 6 heteroatoms. The molecule has 0 heterocycles. The van der Waals surface area contributed by atoms with E-state index in [1.54, 1.807) is 17.3 Å². The predicted octanol–water partition coefficient (Wildman–Crippen LogP) is 7.37. The first-order valence-corrected chi connectivity index (χ1v) is 15.9. The summed E-state index contributed by atoms with van der Waals surface area (Å²) in [5, 5.41) is 10.1. The van der Waals surface area contributed by atoms with E-state index in [0.717, 1.165) is 37.4 Å². The molecule has 5 nitrogen and oxygen atoms in total. The van der Waals surface area contributed by atoms with E-state index in [4.69, 9.17) is 9.47 Å². The Bertz CT molecular complexity index is 979. The molecule has 214 valence electrons. The zero-order valence-corrected chi connectivity index (χ0v) is 25.5. The zero-order chi connectivity index (χ0) is 27.9. The maximum absolute atomic E-state index is 12.4. The Labute approximate surface area is 234 Å². The van der Waals surface area contributed by atoms with Crippen molar-refractivity contribution in [3.63, 3.8) is 0 Å². The van der Waals surface area contributed by atoms with Crippen LogP contribution >= 0.6 is 11.8 Å². The van der Waals surface area contributed by atoms with Crippen LogP contribution < -0.4 is 0 Å². The monoisotopic (exact) mass is 546 g/mol. The minimum atomic E-state index is -0.749. The zero-order valence-electron chi connectivity index (χ0n) is 24.7. The van der Waals surface area contributed by atoms with Crippen LogP contribution in [0.15, 0.2) is 23.3 Å². The first-order chi connectivity index (χ1) is 17.7. The Morgan fingerprint density at radius 1 is 1.08 bits per heavy atom. The smallest absolute Gasteiger partial charge is 0.304 e. The number of allylic oxidation sites excluding steroid dienone is 3. The van der Waals surface area contributed by atoms with Gasteiger partial charge < -0.3 is 14.6 Å². The summed E-state index contributed by atoms with van der Waals surface area (Å²) in [6.45, 7) is 13.8. The lowest BCUT2D eigenvalue weighted by Crippen LogP contribution is -2.56. The highest BCUT2D eigenvalue weighted by Gasteiger charge is 2.61. The topological polar surface area (TPSA) is 72.8 Å². The van der Waals surface area contributed by atoms with E-state index in [-0.39, 0.29) is 23.5 Å². The summed E-state index contributed by atoms with van der Waals surface area (Å²) in [5.74, 6) is 2.00. The van der Waals surface area contributed by atoms with Crippen LogP contribution in [0.1, 0.15) is 113 Å². The quantitative estimate of drug-likeness (QED) is 0.185. The first-order valence-electron chi connectivity index (χ1n) is 14.9. The summed E-state index contributed by atoms with van der Waals surface area (Å²) in [5.41, 5.74) is 2.23. The van der Waals surface area contributed by atoms with E-state index in [9.17, 15) is 14.7 Å². The molecular formula is C32H50O5S. The number of hydrogen-bond donors (Lipinski definition) is 1. The van der Waals surface area contributed by atoms with Gasteiger partial charge in [-0.2, -0.15) is 0 Å². The number of carbonyl (C=O) groups is 2. The highest BCUT2D eigenvalue weighted by Crippen LogP contribution is 2.67. The summed E-state index contributed by atoms with van der Waals surface area (Å²) >= 11 is 1.68. The van der Waals surface area contributed by atoms with E-state index in [0.29, 0.717) is 30.1 Å². The summed E-state index contributed by atoms with van der Waals surface area (Å²) in [4.78, 5) is 24.0. The number of fused-ring (bicyclic) bond motifs is 5. The molecule has 0 bridgehead atoms. The molecule has 3 fully saturated rings. The third-order valence-corrected chi connectivity index (χ3v) is 11.9. The summed E-state index contributed by atoms with van der Waals surface area (Å²) in [6, 6.07) is 0. The minimum Gasteiger partial charge on any atom is -0.461 e. The minimum absolute atomic E-state index is 0.270. The molecule has 1 N–H and O–H groups in total. The standard InChI is InChI=1S/C32H50O5S/c1-8-23-12-14-26-25-13-11-24-19-32(37-22(3)34,38-18-10-9-16-29(4,5)35)20-28(36-21(2)33)31(24,7)27(25)15-17-30(23,26)6/h11,13,23,26-28,35H,8-10,12,14-20H2,1-7H3/t23-,26-,27-,28-,30+,31-,32-/m0/s1. The summed E-state index contributed by atoms with van der Waals surface area (Å²) in [6.07, 6.45) is 14.2. The molecule has 0 saturated heterocycles. The molecule has 0 amide bonds. The molecule has 0 aliphatic heterocycles. The van der Waals surface area contributed by atoms with Crippen LogP contribution in [-0.2, 0) is 19.1 Å². The average Bonchev–Trinajstić information content (AvgIpc) is 3.14. The van der Waals surface area contributed by atoms with Crippen molar-refractivity contribution in [2.24, 2.45) is 28.6 Å². The molecule has 0 radical (unpaired) electrons. The van der Waals surface area contributed by atoms with E-state index < -0.39 is 10.5 Å². The predicted molar refractivity (Wildman–Crippen MR) is 154 cm³/mol. The van der Waals surface area contributed by atoms with Crippen LogP contribution in [0.2, 0.25) is 0 Å². The van der Waals surface area contributed by atoms with Crippen LogP contribution in [0.25, 0.3) is 0 Å². The molecule has 4 aliphatic rings. The molecule has 3 saturated carbocycles. The van der Waals surface area contributed by atoms with Crippen molar-refractivity contribution in [2.45, 2.75) is 129 Å². The fraction of sp³-hybridized carbons (Fsp3) is 0.812. The van der Waals surface area contributed by atoms with Gasteiger partial charge in [0.2, 0.25) is 0 Å². The Balaban J connectivity index is 1.64. The third-order valence-electron chi connectivity index (χ3n) is 10.5. The molecule has 4 aliphatic carbocycles. The average molecular weight is 547 g/mol. The molecule has 4 rings (SSSR count). The van der Waals surface area contributed by atoms with E-state index in [1.165, 1.54) is 45.1 Å². The van der Waals surface area contributed by atoms with Gasteiger partial charge in [-0.05, 0) is 87.7 Å². The number of esters is 2.